The number of rotatable bonds is 5. The normalized spacial score (nSPS) is 11.9. The maximum Gasteiger partial charge on any atom is 0.239 e. The summed E-state index contributed by atoms with van der Waals surface area (Å²) >= 11 is 0. The van der Waals surface area contributed by atoms with Crippen LogP contribution in [0.2, 0.25) is 0 Å². The van der Waals surface area contributed by atoms with Gasteiger partial charge in [-0.2, -0.15) is 0 Å². The number of carbonyl (C=O) groups is 2. The number of aliphatic hydroxyl groups is 1. The van der Waals surface area contributed by atoms with Gasteiger partial charge in [0.25, 0.3) is 0 Å². The largest absolute Gasteiger partial charge is 0.394 e. The van der Waals surface area contributed by atoms with Crippen LogP contribution in [-0.4, -0.2) is 36.1 Å². The van der Waals surface area contributed by atoms with Crippen LogP contribution in [-0.2, 0) is 9.59 Å². The molecule has 5 nitrogen and oxygen atoms in total. The Morgan fingerprint density at radius 1 is 1.46 bits per heavy atom. The van der Waals surface area contributed by atoms with Crippen LogP contribution < -0.4 is 10.6 Å². The summed E-state index contributed by atoms with van der Waals surface area (Å²) in [7, 11) is 0. The summed E-state index contributed by atoms with van der Waals surface area (Å²) in [5.41, 5.74) is 0. The number of carbonyl (C=O) groups excluding carboxylic acids is 2. The van der Waals surface area contributed by atoms with Gasteiger partial charge < -0.3 is 15.7 Å². The van der Waals surface area contributed by atoms with Crippen LogP contribution in [0.1, 0.15) is 20.3 Å². The average Bonchev–Trinajstić information content (AvgIpc) is 2.10. The van der Waals surface area contributed by atoms with E-state index in [1.54, 1.807) is 0 Å². The summed E-state index contributed by atoms with van der Waals surface area (Å²) < 4.78 is 0. The zero-order valence-electron chi connectivity index (χ0n) is 7.96. The SMILES string of the molecule is CC[C@H](CO)NC(=O)CNC(C)=O. The van der Waals surface area contributed by atoms with Crippen LogP contribution in [0.25, 0.3) is 0 Å². The monoisotopic (exact) mass is 188 g/mol. The van der Waals surface area contributed by atoms with E-state index in [1.165, 1.54) is 6.92 Å². The number of hydrogen-bond acceptors (Lipinski definition) is 3. The smallest absolute Gasteiger partial charge is 0.239 e. The summed E-state index contributed by atoms with van der Waals surface area (Å²) in [6.45, 7) is 3.09. The van der Waals surface area contributed by atoms with E-state index in [2.05, 4.69) is 10.6 Å². The van der Waals surface area contributed by atoms with Gasteiger partial charge >= 0.3 is 0 Å². The molecule has 0 rings (SSSR count). The van der Waals surface area contributed by atoms with Crippen LogP contribution in [0.4, 0.5) is 0 Å². The van der Waals surface area contributed by atoms with Crippen molar-refractivity contribution < 1.29 is 14.7 Å². The molecule has 0 saturated carbocycles. The number of aliphatic hydroxyl groups excluding tert-OH is 1. The topological polar surface area (TPSA) is 78.4 Å². The van der Waals surface area contributed by atoms with E-state index in [0.717, 1.165) is 0 Å². The summed E-state index contributed by atoms with van der Waals surface area (Å²) in [6.07, 6.45) is 0.669. The zero-order chi connectivity index (χ0) is 10.3. The lowest BCUT2D eigenvalue weighted by Crippen LogP contribution is -2.42. The van der Waals surface area contributed by atoms with Crippen LogP contribution in [0.5, 0.6) is 0 Å². The van der Waals surface area contributed by atoms with Crippen molar-refractivity contribution in [2.45, 2.75) is 26.3 Å². The predicted molar refractivity (Wildman–Crippen MR) is 48.0 cm³/mol. The lowest BCUT2D eigenvalue weighted by molar-refractivity contribution is -0.125. The molecule has 13 heavy (non-hydrogen) atoms. The molecule has 0 radical (unpaired) electrons. The van der Waals surface area contributed by atoms with Gasteiger partial charge in [-0.3, -0.25) is 9.59 Å². The summed E-state index contributed by atoms with van der Waals surface area (Å²) in [5.74, 6) is -0.525. The van der Waals surface area contributed by atoms with Crippen molar-refractivity contribution >= 4 is 11.8 Å². The first-order chi connectivity index (χ1) is 6.10. The Kier molecular flexibility index (Phi) is 5.88. The van der Waals surface area contributed by atoms with E-state index in [0.29, 0.717) is 6.42 Å². The third-order valence-corrected chi connectivity index (χ3v) is 1.58. The van der Waals surface area contributed by atoms with E-state index in [-0.39, 0.29) is 31.0 Å². The minimum Gasteiger partial charge on any atom is -0.394 e. The molecule has 1 atom stereocenters. The highest BCUT2D eigenvalue weighted by Gasteiger charge is 2.08. The van der Waals surface area contributed by atoms with Gasteiger partial charge in [0, 0.05) is 6.92 Å². The molecule has 76 valence electrons. The number of hydrogen-bond donors (Lipinski definition) is 3. The lowest BCUT2D eigenvalue weighted by Gasteiger charge is -2.13. The summed E-state index contributed by atoms with van der Waals surface area (Å²) in [6, 6.07) is -0.221. The Morgan fingerprint density at radius 2 is 2.08 bits per heavy atom. The van der Waals surface area contributed by atoms with Crippen molar-refractivity contribution in [1.29, 1.82) is 0 Å². The predicted octanol–water partition coefficient (Wildman–Crippen LogP) is -0.990. The lowest BCUT2D eigenvalue weighted by atomic mass is 10.2. The van der Waals surface area contributed by atoms with E-state index in [1.807, 2.05) is 6.92 Å². The van der Waals surface area contributed by atoms with Gasteiger partial charge in [0.15, 0.2) is 0 Å². The van der Waals surface area contributed by atoms with Crippen molar-refractivity contribution in [2.24, 2.45) is 0 Å². The molecule has 0 aliphatic rings. The molecular formula is C8H16N2O3. The second-order valence-corrected chi connectivity index (χ2v) is 2.76. The molecule has 0 aliphatic carbocycles. The molecule has 0 aromatic carbocycles. The van der Waals surface area contributed by atoms with Crippen molar-refractivity contribution in [1.82, 2.24) is 10.6 Å². The molecule has 0 unspecified atom stereocenters. The second-order valence-electron chi connectivity index (χ2n) is 2.76. The fourth-order valence-corrected chi connectivity index (χ4v) is 0.760. The van der Waals surface area contributed by atoms with Gasteiger partial charge in [0.1, 0.15) is 0 Å². The Bertz CT molecular complexity index is 178. The van der Waals surface area contributed by atoms with Crippen LogP contribution in [0, 0.1) is 0 Å². The number of nitrogens with one attached hydrogen (secondary N) is 2. The highest BCUT2D eigenvalue weighted by Crippen LogP contribution is 1.87. The standard InChI is InChI=1S/C8H16N2O3/c1-3-7(5-11)10-8(13)4-9-6(2)12/h7,11H,3-5H2,1-2H3,(H,9,12)(H,10,13)/t7-/m1/s1. The van der Waals surface area contributed by atoms with Gasteiger partial charge in [-0.15, -0.1) is 0 Å². The van der Waals surface area contributed by atoms with Gasteiger partial charge in [0.05, 0.1) is 19.2 Å². The second kappa shape index (κ2) is 6.42. The molecule has 0 aromatic rings. The third-order valence-electron chi connectivity index (χ3n) is 1.58. The van der Waals surface area contributed by atoms with E-state index >= 15 is 0 Å². The Hall–Kier alpha value is -1.10. The molecule has 3 N–H and O–H groups in total. The van der Waals surface area contributed by atoms with E-state index in [4.69, 9.17) is 5.11 Å². The molecule has 0 spiro atoms. The molecule has 5 heteroatoms. The van der Waals surface area contributed by atoms with Crippen LogP contribution >= 0.6 is 0 Å². The molecule has 0 heterocycles. The minimum absolute atomic E-state index is 0.0359. The Labute approximate surface area is 77.5 Å². The maximum absolute atomic E-state index is 11.0. The minimum atomic E-state index is -0.281. The first-order valence-corrected chi connectivity index (χ1v) is 4.24. The van der Waals surface area contributed by atoms with Gasteiger partial charge in [0.2, 0.25) is 11.8 Å². The number of amides is 2. The fourth-order valence-electron chi connectivity index (χ4n) is 0.760. The summed E-state index contributed by atoms with van der Waals surface area (Å²) in [4.78, 5) is 21.5. The highest BCUT2D eigenvalue weighted by molar-refractivity contribution is 5.83. The zero-order valence-corrected chi connectivity index (χ0v) is 7.96. The molecule has 0 bridgehead atoms. The Morgan fingerprint density at radius 3 is 2.46 bits per heavy atom. The average molecular weight is 188 g/mol. The molecule has 0 aliphatic heterocycles. The third kappa shape index (κ3) is 6.10. The van der Waals surface area contributed by atoms with Crippen molar-refractivity contribution in [3.8, 4) is 0 Å². The van der Waals surface area contributed by atoms with Crippen molar-refractivity contribution in [2.75, 3.05) is 13.2 Å². The highest BCUT2D eigenvalue weighted by atomic mass is 16.3. The molecule has 2 amide bonds. The maximum atomic E-state index is 11.0. The summed E-state index contributed by atoms with van der Waals surface area (Å²) in [5, 5.41) is 13.7. The van der Waals surface area contributed by atoms with Gasteiger partial charge in [-0.1, -0.05) is 6.92 Å². The van der Waals surface area contributed by atoms with Crippen molar-refractivity contribution in [3.63, 3.8) is 0 Å². The van der Waals surface area contributed by atoms with Gasteiger partial charge in [-0.25, -0.2) is 0 Å². The van der Waals surface area contributed by atoms with E-state index in [9.17, 15) is 9.59 Å². The first kappa shape index (κ1) is 11.9. The van der Waals surface area contributed by atoms with Crippen LogP contribution in [0.15, 0.2) is 0 Å². The quantitative estimate of drug-likeness (QED) is 0.518. The van der Waals surface area contributed by atoms with Crippen molar-refractivity contribution in [3.05, 3.63) is 0 Å². The van der Waals surface area contributed by atoms with Gasteiger partial charge in [-0.05, 0) is 6.42 Å². The van der Waals surface area contributed by atoms with E-state index < -0.39 is 0 Å². The fraction of sp³-hybridized carbons (Fsp3) is 0.750. The van der Waals surface area contributed by atoms with Crippen LogP contribution in [0.3, 0.4) is 0 Å². The first-order valence-electron chi connectivity index (χ1n) is 4.24. The molecule has 0 saturated heterocycles. The molecular weight excluding hydrogens is 172 g/mol. The molecule has 0 fully saturated rings. The molecule has 0 aromatic heterocycles. The Balaban J connectivity index is 3.66.